The first-order valence-corrected chi connectivity index (χ1v) is 4.38. The molecule has 1 N–H and O–H groups in total. The zero-order valence-electron chi connectivity index (χ0n) is 7.18. The minimum absolute atomic E-state index is 0.463. The van der Waals surface area contributed by atoms with Gasteiger partial charge in [0.05, 0.1) is 0 Å². The van der Waals surface area contributed by atoms with Crippen molar-refractivity contribution < 1.29 is 0 Å². The van der Waals surface area contributed by atoms with Crippen molar-refractivity contribution >= 4 is 23.8 Å². The van der Waals surface area contributed by atoms with E-state index >= 15 is 0 Å². The van der Waals surface area contributed by atoms with Crippen molar-refractivity contribution in [1.82, 2.24) is 15.2 Å². The summed E-state index contributed by atoms with van der Waals surface area (Å²) in [6, 6.07) is 7.45. The average Bonchev–Trinajstić information content (AvgIpc) is 2.69. The Labute approximate surface area is 85.7 Å². The average molecular weight is 207 g/mol. The van der Waals surface area contributed by atoms with Crippen LogP contribution in [0.5, 0.6) is 0 Å². The third-order valence-electron chi connectivity index (χ3n) is 1.63. The summed E-state index contributed by atoms with van der Waals surface area (Å²) < 4.78 is 0. The minimum Gasteiger partial charge on any atom is -0.244 e. The van der Waals surface area contributed by atoms with Gasteiger partial charge in [0, 0.05) is 16.8 Å². The van der Waals surface area contributed by atoms with Gasteiger partial charge < -0.3 is 0 Å². The summed E-state index contributed by atoms with van der Waals surface area (Å²) in [6.45, 7) is 0. The van der Waals surface area contributed by atoms with Crippen LogP contribution >= 0.6 is 11.6 Å². The minimum atomic E-state index is 0.463. The molecule has 0 atom stereocenters. The highest BCUT2D eigenvalue weighted by atomic mass is 35.5. The quantitative estimate of drug-likeness (QED) is 0.766. The standard InChI is InChI=1S/C9H7ClN4/c10-8-4-2-1-3-7(8)5-11-9-12-6-13-14-9/h1-6H,(H,12,13,14). The van der Waals surface area contributed by atoms with Gasteiger partial charge in [-0.25, -0.2) is 10.1 Å². The Morgan fingerprint density at radius 3 is 2.93 bits per heavy atom. The van der Waals surface area contributed by atoms with Gasteiger partial charge >= 0.3 is 0 Å². The van der Waals surface area contributed by atoms with E-state index in [9.17, 15) is 0 Å². The Hall–Kier alpha value is -1.68. The first kappa shape index (κ1) is 8.90. The summed E-state index contributed by atoms with van der Waals surface area (Å²) in [4.78, 5) is 7.91. The van der Waals surface area contributed by atoms with Crippen molar-refractivity contribution in [2.45, 2.75) is 0 Å². The summed E-state index contributed by atoms with van der Waals surface area (Å²) in [5, 5.41) is 6.96. The third-order valence-corrected chi connectivity index (χ3v) is 1.98. The molecule has 5 heteroatoms. The maximum atomic E-state index is 5.93. The summed E-state index contributed by atoms with van der Waals surface area (Å²) in [5.74, 6) is 0.463. The van der Waals surface area contributed by atoms with Crippen molar-refractivity contribution in [2.75, 3.05) is 0 Å². The molecule has 2 aromatic rings. The molecule has 0 aliphatic carbocycles. The number of benzene rings is 1. The van der Waals surface area contributed by atoms with E-state index in [-0.39, 0.29) is 0 Å². The molecule has 0 saturated heterocycles. The van der Waals surface area contributed by atoms with Gasteiger partial charge in [-0.05, 0) is 6.07 Å². The fourth-order valence-corrected chi connectivity index (χ4v) is 1.16. The maximum Gasteiger partial charge on any atom is 0.245 e. The molecule has 70 valence electrons. The van der Waals surface area contributed by atoms with Crippen LogP contribution in [-0.4, -0.2) is 21.4 Å². The summed E-state index contributed by atoms with van der Waals surface area (Å²) in [7, 11) is 0. The predicted molar refractivity (Wildman–Crippen MR) is 55.1 cm³/mol. The molecule has 2 rings (SSSR count). The molecule has 1 aromatic carbocycles. The highest BCUT2D eigenvalue weighted by Crippen LogP contribution is 2.13. The molecule has 0 fully saturated rings. The highest BCUT2D eigenvalue weighted by molar-refractivity contribution is 6.33. The SMILES string of the molecule is Clc1ccccc1C=Nc1ncn[nH]1. The number of H-pyrrole nitrogens is 1. The van der Waals surface area contributed by atoms with E-state index in [1.54, 1.807) is 6.21 Å². The highest BCUT2D eigenvalue weighted by Gasteiger charge is 1.94. The summed E-state index contributed by atoms with van der Waals surface area (Å²) in [5.41, 5.74) is 0.852. The van der Waals surface area contributed by atoms with E-state index in [4.69, 9.17) is 11.6 Å². The van der Waals surface area contributed by atoms with Gasteiger partial charge in [0.2, 0.25) is 5.95 Å². The third kappa shape index (κ3) is 1.97. The van der Waals surface area contributed by atoms with Crippen LogP contribution in [0.25, 0.3) is 0 Å². The predicted octanol–water partition coefficient (Wildman–Crippen LogP) is 2.21. The zero-order valence-corrected chi connectivity index (χ0v) is 7.94. The topological polar surface area (TPSA) is 53.9 Å². The molecule has 0 bridgehead atoms. The molecule has 4 nitrogen and oxygen atoms in total. The molecule has 0 radical (unpaired) electrons. The van der Waals surface area contributed by atoms with Crippen LogP contribution in [-0.2, 0) is 0 Å². The molecular weight excluding hydrogens is 200 g/mol. The van der Waals surface area contributed by atoms with E-state index in [1.807, 2.05) is 24.3 Å². The van der Waals surface area contributed by atoms with Crippen LogP contribution in [0.1, 0.15) is 5.56 Å². The van der Waals surface area contributed by atoms with Crippen LogP contribution in [0.2, 0.25) is 5.02 Å². The van der Waals surface area contributed by atoms with Gasteiger partial charge in [-0.2, -0.15) is 10.1 Å². The normalized spacial score (nSPS) is 10.9. The Bertz CT molecular complexity index is 436. The molecule has 0 amide bonds. The van der Waals surface area contributed by atoms with Gasteiger partial charge in [0.15, 0.2) is 0 Å². The lowest BCUT2D eigenvalue weighted by Crippen LogP contribution is -1.81. The van der Waals surface area contributed by atoms with E-state index in [0.29, 0.717) is 11.0 Å². The van der Waals surface area contributed by atoms with E-state index < -0.39 is 0 Å². The summed E-state index contributed by atoms with van der Waals surface area (Å²) >= 11 is 5.93. The second kappa shape index (κ2) is 4.02. The van der Waals surface area contributed by atoms with Gasteiger partial charge in [-0.3, -0.25) is 0 Å². The molecule has 1 aromatic heterocycles. The number of aromatic amines is 1. The van der Waals surface area contributed by atoms with Gasteiger partial charge in [-0.1, -0.05) is 29.8 Å². The first-order valence-electron chi connectivity index (χ1n) is 4.00. The number of halogens is 1. The fraction of sp³-hybridized carbons (Fsp3) is 0. The number of aliphatic imine (C=N–C) groups is 1. The van der Waals surface area contributed by atoms with E-state index in [1.165, 1.54) is 6.33 Å². The second-order valence-corrected chi connectivity index (χ2v) is 3.00. The van der Waals surface area contributed by atoms with Gasteiger partial charge in [0.25, 0.3) is 0 Å². The van der Waals surface area contributed by atoms with Crippen molar-refractivity contribution in [3.8, 4) is 0 Å². The van der Waals surface area contributed by atoms with Crippen molar-refractivity contribution in [3.63, 3.8) is 0 Å². The largest absolute Gasteiger partial charge is 0.245 e. The molecule has 0 saturated carbocycles. The summed E-state index contributed by atoms with van der Waals surface area (Å²) in [6.07, 6.45) is 3.04. The molecular formula is C9H7ClN4. The molecule has 0 aliphatic rings. The smallest absolute Gasteiger partial charge is 0.244 e. The number of rotatable bonds is 2. The number of hydrogen-bond acceptors (Lipinski definition) is 3. The number of aromatic nitrogens is 3. The Morgan fingerprint density at radius 2 is 2.21 bits per heavy atom. The van der Waals surface area contributed by atoms with Crippen molar-refractivity contribution in [3.05, 3.63) is 41.2 Å². The molecule has 0 aliphatic heterocycles. The van der Waals surface area contributed by atoms with Crippen molar-refractivity contribution in [2.24, 2.45) is 4.99 Å². The molecule has 0 spiro atoms. The van der Waals surface area contributed by atoms with Gasteiger partial charge in [-0.15, -0.1) is 0 Å². The Kier molecular flexibility index (Phi) is 2.55. The maximum absolute atomic E-state index is 5.93. The lowest BCUT2D eigenvalue weighted by atomic mass is 10.2. The lowest BCUT2D eigenvalue weighted by Gasteiger charge is -1.94. The Balaban J connectivity index is 2.23. The molecule has 1 heterocycles. The van der Waals surface area contributed by atoms with Crippen LogP contribution in [0.4, 0.5) is 5.95 Å². The zero-order chi connectivity index (χ0) is 9.80. The van der Waals surface area contributed by atoms with Crippen LogP contribution < -0.4 is 0 Å². The fourth-order valence-electron chi connectivity index (χ4n) is 0.972. The van der Waals surface area contributed by atoms with Crippen LogP contribution in [0.3, 0.4) is 0 Å². The Morgan fingerprint density at radius 1 is 1.36 bits per heavy atom. The van der Waals surface area contributed by atoms with Crippen LogP contribution in [0.15, 0.2) is 35.6 Å². The monoisotopic (exact) mass is 206 g/mol. The number of nitrogens with zero attached hydrogens (tertiary/aromatic N) is 3. The van der Waals surface area contributed by atoms with E-state index in [2.05, 4.69) is 20.2 Å². The first-order chi connectivity index (χ1) is 6.86. The van der Waals surface area contributed by atoms with Crippen molar-refractivity contribution in [1.29, 1.82) is 0 Å². The second-order valence-electron chi connectivity index (χ2n) is 2.59. The number of hydrogen-bond donors (Lipinski definition) is 1. The van der Waals surface area contributed by atoms with E-state index in [0.717, 1.165) is 5.56 Å². The number of nitrogens with one attached hydrogen (secondary N) is 1. The van der Waals surface area contributed by atoms with Gasteiger partial charge in [0.1, 0.15) is 6.33 Å². The lowest BCUT2D eigenvalue weighted by molar-refractivity contribution is 1.08. The molecule has 14 heavy (non-hydrogen) atoms. The molecule has 0 unspecified atom stereocenters. The van der Waals surface area contributed by atoms with Crippen LogP contribution in [0, 0.1) is 0 Å².